The predicted octanol–water partition coefficient (Wildman–Crippen LogP) is 7.96. The van der Waals surface area contributed by atoms with E-state index in [0.717, 1.165) is 55.5 Å². The van der Waals surface area contributed by atoms with E-state index in [1.54, 1.807) is 27.7 Å². The molecule has 0 aliphatic heterocycles. The van der Waals surface area contributed by atoms with Gasteiger partial charge in [0.15, 0.2) is 0 Å². The van der Waals surface area contributed by atoms with Gasteiger partial charge in [-0.15, -0.1) is 0 Å². The van der Waals surface area contributed by atoms with Crippen LogP contribution >= 0.6 is 31.9 Å². The van der Waals surface area contributed by atoms with E-state index in [-0.39, 0.29) is 0 Å². The van der Waals surface area contributed by atoms with Crippen LogP contribution in [0.15, 0.2) is 33.2 Å². The molecular weight excluding hydrogens is 604 g/mol. The Morgan fingerprint density at radius 1 is 0.730 bits per heavy atom. The van der Waals surface area contributed by atoms with Gasteiger partial charge in [0, 0.05) is 15.4 Å². The lowest BCUT2D eigenvalue weighted by Gasteiger charge is -2.21. The second kappa shape index (κ2) is 13.1. The van der Waals surface area contributed by atoms with E-state index < -0.39 is 22.8 Å². The SMILES string of the molecule is Cc1cc(OCCC(C)(C)C(=O)O)c(Cc2cc(OCCCCC(C)(C)C(=O)O)c(C)cc2Br)cc1Br. The molecule has 8 heteroatoms. The molecule has 0 aromatic heterocycles. The Hall–Kier alpha value is -2.06. The summed E-state index contributed by atoms with van der Waals surface area (Å²) in [5, 5.41) is 18.7. The number of hydrogen-bond acceptors (Lipinski definition) is 4. The average Bonchev–Trinajstić information content (AvgIpc) is 2.79. The summed E-state index contributed by atoms with van der Waals surface area (Å²) < 4.78 is 14.1. The van der Waals surface area contributed by atoms with Gasteiger partial charge in [-0.3, -0.25) is 9.59 Å². The molecule has 6 nitrogen and oxygen atoms in total. The summed E-state index contributed by atoms with van der Waals surface area (Å²) in [6, 6.07) is 8.10. The minimum atomic E-state index is -0.861. The second-order valence-corrected chi connectivity index (χ2v) is 12.6. The summed E-state index contributed by atoms with van der Waals surface area (Å²) >= 11 is 7.31. The number of carboxylic acid groups (broad SMARTS) is 2. The van der Waals surface area contributed by atoms with Gasteiger partial charge in [-0.25, -0.2) is 0 Å². The molecule has 2 aromatic carbocycles. The van der Waals surface area contributed by atoms with Crippen LogP contribution in [0.4, 0.5) is 0 Å². The molecule has 0 spiro atoms. The summed E-state index contributed by atoms with van der Waals surface area (Å²) in [5.74, 6) is -0.0889. The lowest BCUT2D eigenvalue weighted by molar-refractivity contribution is -0.148. The summed E-state index contributed by atoms with van der Waals surface area (Å²) in [6.45, 7) is 11.7. The van der Waals surface area contributed by atoms with Gasteiger partial charge in [0.05, 0.1) is 24.0 Å². The summed E-state index contributed by atoms with van der Waals surface area (Å²) in [7, 11) is 0. The van der Waals surface area contributed by atoms with Crippen LogP contribution < -0.4 is 9.47 Å². The van der Waals surface area contributed by atoms with E-state index in [1.807, 2.05) is 38.1 Å². The molecule has 0 saturated heterocycles. The molecule has 2 N–H and O–H groups in total. The molecule has 2 rings (SSSR count). The van der Waals surface area contributed by atoms with E-state index in [1.165, 1.54) is 0 Å². The van der Waals surface area contributed by atoms with Crippen molar-refractivity contribution in [3.05, 3.63) is 55.5 Å². The standard InChI is InChI=1S/C29H38Br2O6/c1-18-14-25(37-12-10-29(5,6)27(34)35)21(16-22(18)30)15-20-17-24(19(2)13-23(20)31)36-11-8-7-9-28(3,4)26(32)33/h13-14,16-17H,7-12,15H2,1-6H3,(H,32,33)(H,34,35). The number of halogens is 2. The van der Waals surface area contributed by atoms with E-state index in [4.69, 9.17) is 9.47 Å². The molecule has 0 aliphatic carbocycles. The highest BCUT2D eigenvalue weighted by Crippen LogP contribution is 2.34. The topological polar surface area (TPSA) is 93.1 Å². The van der Waals surface area contributed by atoms with Gasteiger partial charge in [-0.2, -0.15) is 0 Å². The summed E-state index contributed by atoms with van der Waals surface area (Å²) in [5.41, 5.74) is 2.48. The maximum atomic E-state index is 11.4. The Morgan fingerprint density at radius 2 is 1.32 bits per heavy atom. The van der Waals surface area contributed by atoms with Crippen molar-refractivity contribution in [2.24, 2.45) is 10.8 Å². The Kier molecular flexibility index (Phi) is 11.1. The molecule has 2 aromatic rings. The number of carbonyl (C=O) groups is 2. The maximum Gasteiger partial charge on any atom is 0.309 e. The van der Waals surface area contributed by atoms with Gasteiger partial charge >= 0.3 is 11.9 Å². The van der Waals surface area contributed by atoms with E-state index in [0.29, 0.717) is 32.5 Å². The van der Waals surface area contributed by atoms with E-state index in [9.17, 15) is 19.8 Å². The molecule has 0 amide bonds. The molecule has 0 bridgehead atoms. The van der Waals surface area contributed by atoms with Crippen LogP contribution in [0.1, 0.15) is 75.6 Å². The molecule has 0 saturated carbocycles. The van der Waals surface area contributed by atoms with Crippen LogP contribution in [0.5, 0.6) is 11.5 Å². The second-order valence-electron chi connectivity index (χ2n) is 10.9. The van der Waals surface area contributed by atoms with Crippen molar-refractivity contribution in [1.29, 1.82) is 0 Å². The first kappa shape index (κ1) is 31.2. The van der Waals surface area contributed by atoms with Crippen LogP contribution in [-0.4, -0.2) is 35.4 Å². The quantitative estimate of drug-likeness (QED) is 0.203. The number of benzene rings is 2. The van der Waals surface area contributed by atoms with Crippen molar-refractivity contribution < 1.29 is 29.3 Å². The normalized spacial score (nSPS) is 11.9. The third kappa shape index (κ3) is 9.02. The van der Waals surface area contributed by atoms with Crippen LogP contribution in [0, 0.1) is 24.7 Å². The van der Waals surface area contributed by atoms with Gasteiger partial charge < -0.3 is 19.7 Å². The van der Waals surface area contributed by atoms with Gasteiger partial charge in [0.25, 0.3) is 0 Å². The minimum absolute atomic E-state index is 0.301. The first-order valence-corrected chi connectivity index (χ1v) is 14.0. The molecule has 0 atom stereocenters. The summed E-state index contributed by atoms with van der Waals surface area (Å²) in [4.78, 5) is 22.7. The lowest BCUT2D eigenvalue weighted by Crippen LogP contribution is -2.26. The number of carboxylic acids is 2. The minimum Gasteiger partial charge on any atom is -0.493 e. The molecule has 0 radical (unpaired) electrons. The predicted molar refractivity (Wildman–Crippen MR) is 153 cm³/mol. The number of hydrogen-bond donors (Lipinski definition) is 2. The highest BCUT2D eigenvalue weighted by molar-refractivity contribution is 9.10. The van der Waals surface area contributed by atoms with Crippen molar-refractivity contribution in [2.75, 3.05) is 13.2 Å². The number of ether oxygens (including phenoxy) is 2. The molecule has 0 heterocycles. The average molecular weight is 642 g/mol. The molecule has 0 unspecified atom stereocenters. The highest BCUT2D eigenvalue weighted by atomic mass is 79.9. The number of unbranched alkanes of at least 4 members (excludes halogenated alkanes) is 1. The van der Waals surface area contributed by atoms with Crippen LogP contribution in [0.25, 0.3) is 0 Å². The van der Waals surface area contributed by atoms with Gasteiger partial charge in [-0.05, 0) is 114 Å². The fourth-order valence-corrected chi connectivity index (χ4v) is 4.63. The number of aliphatic carboxylic acids is 2. The van der Waals surface area contributed by atoms with E-state index in [2.05, 4.69) is 31.9 Å². The van der Waals surface area contributed by atoms with Crippen LogP contribution in [-0.2, 0) is 16.0 Å². The van der Waals surface area contributed by atoms with Crippen molar-refractivity contribution in [3.63, 3.8) is 0 Å². The van der Waals surface area contributed by atoms with Crippen molar-refractivity contribution >= 4 is 43.8 Å². The first-order valence-electron chi connectivity index (χ1n) is 12.4. The molecular formula is C29H38Br2O6. The van der Waals surface area contributed by atoms with Crippen molar-refractivity contribution in [1.82, 2.24) is 0 Å². The fraction of sp³-hybridized carbons (Fsp3) is 0.517. The Labute approximate surface area is 237 Å². The lowest BCUT2D eigenvalue weighted by atomic mass is 9.87. The summed E-state index contributed by atoms with van der Waals surface area (Å²) in [6.07, 6.45) is 3.15. The maximum absolute atomic E-state index is 11.4. The van der Waals surface area contributed by atoms with Crippen LogP contribution in [0.3, 0.4) is 0 Å². The molecule has 0 fully saturated rings. The van der Waals surface area contributed by atoms with E-state index >= 15 is 0 Å². The van der Waals surface area contributed by atoms with Crippen molar-refractivity contribution in [2.45, 2.75) is 73.6 Å². The zero-order valence-electron chi connectivity index (χ0n) is 22.5. The fourth-order valence-electron chi connectivity index (χ4n) is 3.64. The zero-order chi connectivity index (χ0) is 28.0. The Balaban J connectivity index is 2.14. The van der Waals surface area contributed by atoms with Gasteiger partial charge in [0.2, 0.25) is 0 Å². The molecule has 37 heavy (non-hydrogen) atoms. The highest BCUT2D eigenvalue weighted by Gasteiger charge is 2.27. The third-order valence-electron chi connectivity index (χ3n) is 6.66. The first-order chi connectivity index (χ1) is 17.1. The molecule has 204 valence electrons. The Morgan fingerprint density at radius 3 is 1.95 bits per heavy atom. The number of rotatable bonds is 14. The van der Waals surface area contributed by atoms with Crippen molar-refractivity contribution in [3.8, 4) is 11.5 Å². The largest absolute Gasteiger partial charge is 0.493 e. The molecule has 0 aliphatic rings. The number of aryl methyl sites for hydroxylation is 2. The Bertz CT molecular complexity index is 1120. The monoisotopic (exact) mass is 640 g/mol. The third-order valence-corrected chi connectivity index (χ3v) is 8.26. The van der Waals surface area contributed by atoms with Gasteiger partial charge in [-0.1, -0.05) is 31.9 Å². The van der Waals surface area contributed by atoms with Crippen LogP contribution in [0.2, 0.25) is 0 Å². The smallest absolute Gasteiger partial charge is 0.309 e. The zero-order valence-corrected chi connectivity index (χ0v) is 25.7. The van der Waals surface area contributed by atoms with Gasteiger partial charge in [0.1, 0.15) is 11.5 Å².